The number of aryl methyl sites for hydroxylation is 1. The number of thioether (sulfide) groups is 1. The van der Waals surface area contributed by atoms with Gasteiger partial charge in [-0.15, -0.1) is 0 Å². The molecule has 1 aliphatic heterocycles. The Morgan fingerprint density at radius 3 is 2.60 bits per heavy atom. The average Bonchev–Trinajstić information content (AvgIpc) is 2.89. The van der Waals surface area contributed by atoms with Crippen molar-refractivity contribution in [2.75, 3.05) is 11.5 Å². The molecule has 0 spiro atoms. The van der Waals surface area contributed by atoms with Crippen LogP contribution in [0.3, 0.4) is 0 Å². The number of rotatable bonds is 5. The summed E-state index contributed by atoms with van der Waals surface area (Å²) in [5.74, 6) is 0.681. The van der Waals surface area contributed by atoms with Gasteiger partial charge in [0.25, 0.3) is 5.91 Å². The molecule has 1 heterocycles. The van der Waals surface area contributed by atoms with Crippen molar-refractivity contribution in [3.05, 3.63) is 77.2 Å². The van der Waals surface area contributed by atoms with E-state index in [4.69, 9.17) is 17.0 Å². The molecule has 3 rings (SSSR count). The van der Waals surface area contributed by atoms with Gasteiger partial charge < -0.3 is 4.74 Å². The van der Waals surface area contributed by atoms with Gasteiger partial charge in [-0.3, -0.25) is 9.69 Å². The van der Waals surface area contributed by atoms with Gasteiger partial charge in [0.2, 0.25) is 0 Å². The average molecular weight is 367 g/mol. The fourth-order valence-electron chi connectivity index (χ4n) is 2.46. The fraction of sp³-hybridized carbons (Fsp3) is 0.100. The third-order valence-electron chi connectivity index (χ3n) is 3.70. The van der Waals surface area contributed by atoms with Crippen LogP contribution in [-0.4, -0.2) is 16.8 Å². The van der Waals surface area contributed by atoms with Crippen LogP contribution < -0.4 is 9.64 Å². The molecule has 2 aromatic carbocycles. The first-order chi connectivity index (χ1) is 12.1. The van der Waals surface area contributed by atoms with Gasteiger partial charge in [-0.25, -0.2) is 0 Å². The molecule has 126 valence electrons. The molecule has 1 aliphatic rings. The maximum absolute atomic E-state index is 12.8. The summed E-state index contributed by atoms with van der Waals surface area (Å²) in [5, 5.41) is 0. The highest BCUT2D eigenvalue weighted by Crippen LogP contribution is 2.37. The Morgan fingerprint density at radius 2 is 1.92 bits per heavy atom. The van der Waals surface area contributed by atoms with E-state index >= 15 is 0 Å². The van der Waals surface area contributed by atoms with Crippen LogP contribution >= 0.6 is 24.0 Å². The van der Waals surface area contributed by atoms with Gasteiger partial charge in [0.05, 0.1) is 10.6 Å². The number of hydrogen-bond acceptors (Lipinski definition) is 4. The van der Waals surface area contributed by atoms with Crippen molar-refractivity contribution in [1.29, 1.82) is 0 Å². The topological polar surface area (TPSA) is 29.5 Å². The van der Waals surface area contributed by atoms with Gasteiger partial charge >= 0.3 is 0 Å². The molecular formula is C20H17NO2S2. The molecule has 0 atom stereocenters. The predicted octanol–water partition coefficient (Wildman–Crippen LogP) is 4.97. The van der Waals surface area contributed by atoms with E-state index in [0.29, 0.717) is 15.8 Å². The molecular weight excluding hydrogens is 350 g/mol. The minimum absolute atomic E-state index is 0.0868. The molecule has 1 amide bonds. The lowest BCUT2D eigenvalue weighted by Crippen LogP contribution is -2.28. The molecule has 3 nitrogen and oxygen atoms in total. The molecule has 0 N–H and O–H groups in total. The summed E-state index contributed by atoms with van der Waals surface area (Å²) < 4.78 is 6.02. The second-order valence-electron chi connectivity index (χ2n) is 5.47. The van der Waals surface area contributed by atoms with Crippen LogP contribution in [0.4, 0.5) is 5.69 Å². The number of anilines is 1. The fourth-order valence-corrected chi connectivity index (χ4v) is 3.74. The molecule has 1 saturated heterocycles. The van der Waals surface area contributed by atoms with Crippen LogP contribution in [0.25, 0.3) is 6.08 Å². The molecule has 0 unspecified atom stereocenters. The minimum atomic E-state index is -0.0868. The lowest BCUT2D eigenvalue weighted by atomic mass is 10.1. The Hall–Kier alpha value is -2.37. The highest BCUT2D eigenvalue weighted by atomic mass is 32.2. The normalized spacial score (nSPS) is 15.7. The lowest BCUT2D eigenvalue weighted by molar-refractivity contribution is -0.113. The van der Waals surface area contributed by atoms with Crippen molar-refractivity contribution in [2.45, 2.75) is 6.92 Å². The van der Waals surface area contributed by atoms with Crippen LogP contribution in [-0.2, 0) is 4.79 Å². The Balaban J connectivity index is 1.83. The number of carbonyl (C=O) groups is 1. The van der Waals surface area contributed by atoms with E-state index in [1.807, 2.05) is 61.5 Å². The summed E-state index contributed by atoms with van der Waals surface area (Å²) in [6, 6.07) is 15.3. The first kappa shape index (κ1) is 17.5. The minimum Gasteiger partial charge on any atom is -0.490 e. The van der Waals surface area contributed by atoms with Crippen LogP contribution in [0, 0.1) is 6.92 Å². The van der Waals surface area contributed by atoms with Crippen molar-refractivity contribution < 1.29 is 9.53 Å². The smallest absolute Gasteiger partial charge is 0.270 e. The van der Waals surface area contributed by atoms with Crippen molar-refractivity contribution in [3.8, 4) is 5.75 Å². The second-order valence-corrected chi connectivity index (χ2v) is 7.15. The van der Waals surface area contributed by atoms with Gasteiger partial charge in [0.15, 0.2) is 4.32 Å². The first-order valence-corrected chi connectivity index (χ1v) is 9.00. The predicted molar refractivity (Wildman–Crippen MR) is 109 cm³/mol. The van der Waals surface area contributed by atoms with Crippen LogP contribution in [0.1, 0.15) is 11.1 Å². The van der Waals surface area contributed by atoms with E-state index in [9.17, 15) is 4.79 Å². The number of thiocarbonyl (C=S) groups is 1. The molecule has 2 aromatic rings. The van der Waals surface area contributed by atoms with E-state index < -0.39 is 0 Å². The van der Waals surface area contributed by atoms with E-state index in [1.54, 1.807) is 11.0 Å². The van der Waals surface area contributed by atoms with Gasteiger partial charge in [-0.1, -0.05) is 67.0 Å². The summed E-state index contributed by atoms with van der Waals surface area (Å²) in [6.07, 6.45) is 3.56. The maximum Gasteiger partial charge on any atom is 0.270 e. The molecule has 5 heteroatoms. The maximum atomic E-state index is 12.8. The number of amides is 1. The quantitative estimate of drug-likeness (QED) is 0.424. The van der Waals surface area contributed by atoms with Crippen molar-refractivity contribution in [2.24, 2.45) is 0 Å². The number of carbonyl (C=O) groups excluding carboxylic acids is 1. The van der Waals surface area contributed by atoms with Crippen LogP contribution in [0.15, 0.2) is 66.1 Å². The number of ether oxygens (including phenoxy) is 1. The van der Waals surface area contributed by atoms with E-state index in [1.165, 1.54) is 11.8 Å². The zero-order valence-corrected chi connectivity index (χ0v) is 15.4. The highest BCUT2D eigenvalue weighted by molar-refractivity contribution is 8.27. The summed E-state index contributed by atoms with van der Waals surface area (Å²) in [7, 11) is 0. The van der Waals surface area contributed by atoms with Crippen molar-refractivity contribution >= 4 is 46.0 Å². The molecule has 0 saturated carbocycles. The SMILES string of the molecule is C=CCOc1ccc(/C=C2/SC(=S)N(c3ccccc3C)C2=O)cc1. The third kappa shape index (κ3) is 3.83. The van der Waals surface area contributed by atoms with E-state index in [2.05, 4.69) is 6.58 Å². The summed E-state index contributed by atoms with van der Waals surface area (Å²) in [5.41, 5.74) is 2.78. The van der Waals surface area contributed by atoms with E-state index in [0.717, 1.165) is 22.6 Å². The van der Waals surface area contributed by atoms with Gasteiger partial charge in [0.1, 0.15) is 12.4 Å². The van der Waals surface area contributed by atoms with Crippen molar-refractivity contribution in [3.63, 3.8) is 0 Å². The van der Waals surface area contributed by atoms with Gasteiger partial charge in [-0.05, 0) is 42.3 Å². The first-order valence-electron chi connectivity index (χ1n) is 7.77. The zero-order valence-electron chi connectivity index (χ0n) is 13.8. The number of nitrogens with zero attached hydrogens (tertiary/aromatic N) is 1. The molecule has 0 aliphatic carbocycles. The largest absolute Gasteiger partial charge is 0.490 e. The second kappa shape index (κ2) is 7.68. The summed E-state index contributed by atoms with van der Waals surface area (Å²) >= 11 is 6.74. The Morgan fingerprint density at radius 1 is 1.20 bits per heavy atom. The number of para-hydroxylation sites is 1. The molecule has 0 bridgehead atoms. The standard InChI is InChI=1S/C20H17NO2S2/c1-3-12-23-16-10-8-15(9-11-16)13-18-19(22)21(20(24)25-18)17-7-5-4-6-14(17)2/h3-11,13H,1,12H2,2H3/b18-13+. The Bertz CT molecular complexity index is 856. The summed E-state index contributed by atoms with van der Waals surface area (Å²) in [6.45, 7) is 6.06. The monoisotopic (exact) mass is 367 g/mol. The van der Waals surface area contributed by atoms with Crippen molar-refractivity contribution in [1.82, 2.24) is 0 Å². The Labute approximate surface area is 157 Å². The zero-order chi connectivity index (χ0) is 17.8. The highest BCUT2D eigenvalue weighted by Gasteiger charge is 2.33. The van der Waals surface area contributed by atoms with Crippen LogP contribution in [0.5, 0.6) is 5.75 Å². The molecule has 1 fully saturated rings. The number of benzene rings is 2. The van der Waals surface area contributed by atoms with Gasteiger partial charge in [-0.2, -0.15) is 0 Å². The number of hydrogen-bond donors (Lipinski definition) is 0. The Kier molecular flexibility index (Phi) is 5.36. The van der Waals surface area contributed by atoms with Crippen LogP contribution in [0.2, 0.25) is 0 Å². The lowest BCUT2D eigenvalue weighted by Gasteiger charge is -2.16. The van der Waals surface area contributed by atoms with E-state index in [-0.39, 0.29) is 5.91 Å². The summed E-state index contributed by atoms with van der Waals surface area (Å²) in [4.78, 5) is 15.0. The molecule has 0 radical (unpaired) electrons. The molecule has 0 aromatic heterocycles. The van der Waals surface area contributed by atoms with Gasteiger partial charge in [0, 0.05) is 0 Å². The third-order valence-corrected chi connectivity index (χ3v) is 5.00. The molecule has 25 heavy (non-hydrogen) atoms.